The Morgan fingerprint density at radius 2 is 2.18 bits per heavy atom. The molecule has 7 nitrogen and oxygen atoms in total. The Balaban J connectivity index is 2.54. The van der Waals surface area contributed by atoms with Gasteiger partial charge >= 0.3 is 0 Å². The lowest BCUT2D eigenvalue weighted by Gasteiger charge is -2.13. The van der Waals surface area contributed by atoms with Crippen LogP contribution < -0.4 is 5.48 Å². The fraction of sp³-hybridized carbons (Fsp3) is 0.357. The van der Waals surface area contributed by atoms with Gasteiger partial charge in [0, 0.05) is 5.39 Å². The first kappa shape index (κ1) is 16.3. The first-order valence-electron chi connectivity index (χ1n) is 6.65. The Hall–Kier alpha value is -2.03. The predicted molar refractivity (Wildman–Crippen MR) is 89.3 cm³/mol. The van der Waals surface area contributed by atoms with Crippen LogP contribution >= 0.6 is 12.2 Å². The van der Waals surface area contributed by atoms with Crippen LogP contribution in [0.15, 0.2) is 28.4 Å². The highest BCUT2D eigenvalue weighted by atomic mass is 32.1. The Kier molecular flexibility index (Phi) is 5.07. The van der Waals surface area contributed by atoms with E-state index in [9.17, 15) is 5.11 Å². The van der Waals surface area contributed by atoms with E-state index >= 15 is 0 Å². The number of hydrogen-bond acceptors (Lipinski definition) is 5. The summed E-state index contributed by atoms with van der Waals surface area (Å²) in [4.78, 5) is 6.62. The SMILES string of the molecule is CONC(=S)N=Nc1c(O)n(CN(C)C)c2ccc(C)cc12. The second-order valence-corrected chi connectivity index (χ2v) is 5.54. The smallest absolute Gasteiger partial charge is 0.237 e. The molecule has 0 radical (unpaired) electrons. The van der Waals surface area contributed by atoms with E-state index in [1.54, 1.807) is 4.57 Å². The number of aryl methyl sites for hydroxylation is 1. The highest BCUT2D eigenvalue weighted by molar-refractivity contribution is 7.80. The molecular weight excluding hydrogens is 302 g/mol. The zero-order valence-electron chi connectivity index (χ0n) is 13.0. The van der Waals surface area contributed by atoms with Crippen LogP contribution in [-0.2, 0) is 11.5 Å². The molecule has 118 valence electrons. The fourth-order valence-electron chi connectivity index (χ4n) is 2.17. The first-order valence-corrected chi connectivity index (χ1v) is 7.06. The third-order valence-electron chi connectivity index (χ3n) is 3.02. The van der Waals surface area contributed by atoms with Crippen molar-refractivity contribution in [3.8, 4) is 5.88 Å². The fourth-order valence-corrected chi connectivity index (χ4v) is 2.29. The van der Waals surface area contributed by atoms with Crippen molar-refractivity contribution >= 4 is 33.9 Å². The zero-order chi connectivity index (χ0) is 16.3. The Bertz CT molecular complexity index is 724. The van der Waals surface area contributed by atoms with Gasteiger partial charge in [-0.25, -0.2) is 5.48 Å². The van der Waals surface area contributed by atoms with Gasteiger partial charge in [0.15, 0.2) is 5.69 Å². The lowest BCUT2D eigenvalue weighted by atomic mass is 10.1. The van der Waals surface area contributed by atoms with Crippen molar-refractivity contribution in [3.05, 3.63) is 23.8 Å². The topological polar surface area (TPSA) is 74.4 Å². The normalized spacial score (nSPS) is 11.7. The summed E-state index contributed by atoms with van der Waals surface area (Å²) in [6.45, 7) is 2.51. The standard InChI is InChI=1S/C14H19N5O2S/c1-9-5-6-11-10(7-9)12(15-16-14(22)17-21-4)13(20)19(11)8-18(2)3/h5-7,20H,8H2,1-4H3,(H,17,22). The van der Waals surface area contributed by atoms with E-state index in [-0.39, 0.29) is 11.0 Å². The highest BCUT2D eigenvalue weighted by Gasteiger charge is 2.17. The second kappa shape index (κ2) is 6.82. The molecule has 0 fully saturated rings. The average molecular weight is 321 g/mol. The average Bonchev–Trinajstić information content (AvgIpc) is 2.69. The molecule has 22 heavy (non-hydrogen) atoms. The molecule has 0 bridgehead atoms. The summed E-state index contributed by atoms with van der Waals surface area (Å²) >= 11 is 4.93. The largest absolute Gasteiger partial charge is 0.493 e. The number of nitrogens with zero attached hydrogens (tertiary/aromatic N) is 4. The van der Waals surface area contributed by atoms with Crippen molar-refractivity contribution in [2.24, 2.45) is 10.2 Å². The minimum atomic E-state index is 0.0540. The van der Waals surface area contributed by atoms with Gasteiger partial charge in [-0.1, -0.05) is 11.6 Å². The summed E-state index contributed by atoms with van der Waals surface area (Å²) in [6.07, 6.45) is 0. The Labute approximate surface area is 134 Å². The molecule has 8 heteroatoms. The van der Waals surface area contributed by atoms with Gasteiger partial charge in [0.1, 0.15) is 0 Å². The molecule has 1 heterocycles. The van der Waals surface area contributed by atoms with Crippen molar-refractivity contribution in [2.75, 3.05) is 21.2 Å². The molecule has 0 amide bonds. The highest BCUT2D eigenvalue weighted by Crippen LogP contribution is 2.39. The van der Waals surface area contributed by atoms with Gasteiger partial charge in [0.2, 0.25) is 11.0 Å². The molecule has 2 N–H and O–H groups in total. The summed E-state index contributed by atoms with van der Waals surface area (Å²) in [6, 6.07) is 5.91. The van der Waals surface area contributed by atoms with E-state index in [2.05, 4.69) is 20.5 Å². The summed E-state index contributed by atoms with van der Waals surface area (Å²) in [7, 11) is 5.29. The van der Waals surface area contributed by atoms with Crippen LogP contribution in [0.25, 0.3) is 10.9 Å². The molecule has 2 rings (SSSR count). The number of hydrogen-bond donors (Lipinski definition) is 2. The van der Waals surface area contributed by atoms with Crippen molar-refractivity contribution in [1.82, 2.24) is 14.9 Å². The number of aromatic nitrogens is 1. The van der Waals surface area contributed by atoms with Gasteiger partial charge in [-0.2, -0.15) is 0 Å². The molecular formula is C14H19N5O2S. The van der Waals surface area contributed by atoms with Crippen LogP contribution in [0, 0.1) is 6.92 Å². The lowest BCUT2D eigenvalue weighted by Crippen LogP contribution is -2.16. The molecule has 0 saturated carbocycles. The molecule has 0 saturated heterocycles. The van der Waals surface area contributed by atoms with E-state index in [0.29, 0.717) is 12.4 Å². The van der Waals surface area contributed by atoms with Crippen molar-refractivity contribution in [3.63, 3.8) is 0 Å². The van der Waals surface area contributed by atoms with Crippen LogP contribution in [0.5, 0.6) is 5.88 Å². The lowest BCUT2D eigenvalue weighted by molar-refractivity contribution is 0.145. The number of nitrogens with one attached hydrogen (secondary N) is 1. The summed E-state index contributed by atoms with van der Waals surface area (Å²) in [5.41, 5.74) is 4.76. The third-order valence-corrected chi connectivity index (χ3v) is 3.18. The second-order valence-electron chi connectivity index (χ2n) is 5.15. The molecule has 1 aromatic heterocycles. The number of benzene rings is 1. The van der Waals surface area contributed by atoms with Gasteiger partial charge in [-0.05, 0) is 45.4 Å². The number of azo groups is 1. The molecule has 0 atom stereocenters. The molecule has 0 unspecified atom stereocenters. The zero-order valence-corrected chi connectivity index (χ0v) is 13.8. The van der Waals surface area contributed by atoms with Crippen LogP contribution in [-0.4, -0.2) is 40.9 Å². The van der Waals surface area contributed by atoms with Gasteiger partial charge in [-0.15, -0.1) is 10.2 Å². The third kappa shape index (κ3) is 3.41. The van der Waals surface area contributed by atoms with E-state index in [1.165, 1.54) is 7.11 Å². The van der Waals surface area contributed by atoms with Crippen molar-refractivity contribution in [2.45, 2.75) is 13.6 Å². The number of hydroxylamine groups is 1. The number of rotatable bonds is 4. The Morgan fingerprint density at radius 1 is 1.45 bits per heavy atom. The van der Waals surface area contributed by atoms with E-state index < -0.39 is 0 Å². The molecule has 2 aromatic rings. The van der Waals surface area contributed by atoms with Crippen LogP contribution in [0.3, 0.4) is 0 Å². The maximum atomic E-state index is 10.5. The van der Waals surface area contributed by atoms with E-state index in [4.69, 9.17) is 12.2 Å². The van der Waals surface area contributed by atoms with Crippen LogP contribution in [0.2, 0.25) is 0 Å². The van der Waals surface area contributed by atoms with Gasteiger partial charge in [0.25, 0.3) is 0 Å². The summed E-state index contributed by atoms with van der Waals surface area (Å²) in [5, 5.41) is 19.3. The molecule has 0 aliphatic carbocycles. The van der Waals surface area contributed by atoms with E-state index in [1.807, 2.05) is 44.1 Å². The monoisotopic (exact) mass is 321 g/mol. The maximum absolute atomic E-state index is 10.5. The van der Waals surface area contributed by atoms with E-state index in [0.717, 1.165) is 16.5 Å². The van der Waals surface area contributed by atoms with Crippen LogP contribution in [0.1, 0.15) is 5.56 Å². The first-order chi connectivity index (χ1) is 10.4. The maximum Gasteiger partial charge on any atom is 0.237 e. The number of aromatic hydroxyl groups is 1. The number of fused-ring (bicyclic) bond motifs is 1. The number of thiocarbonyl (C=S) groups is 1. The van der Waals surface area contributed by atoms with Gasteiger partial charge in [0.05, 0.1) is 19.3 Å². The molecule has 0 aliphatic heterocycles. The van der Waals surface area contributed by atoms with Crippen molar-refractivity contribution in [1.29, 1.82) is 0 Å². The quantitative estimate of drug-likeness (QED) is 0.514. The van der Waals surface area contributed by atoms with Crippen molar-refractivity contribution < 1.29 is 9.94 Å². The minimum absolute atomic E-state index is 0.0540. The Morgan fingerprint density at radius 3 is 2.82 bits per heavy atom. The molecule has 0 aliphatic rings. The summed E-state index contributed by atoms with van der Waals surface area (Å²) in [5.74, 6) is 0.0540. The molecule has 1 aromatic carbocycles. The predicted octanol–water partition coefficient (Wildman–Crippen LogP) is 2.69. The molecule has 0 spiro atoms. The van der Waals surface area contributed by atoms with Crippen LogP contribution in [0.4, 0.5) is 5.69 Å². The minimum Gasteiger partial charge on any atom is -0.493 e. The summed E-state index contributed by atoms with van der Waals surface area (Å²) < 4.78 is 1.77. The van der Waals surface area contributed by atoms with Gasteiger partial charge < -0.3 is 5.11 Å². The van der Waals surface area contributed by atoms with Gasteiger partial charge in [-0.3, -0.25) is 14.3 Å².